The van der Waals surface area contributed by atoms with Crippen molar-refractivity contribution in [3.8, 4) is 39.1 Å². The first kappa shape index (κ1) is 38.0. The molecule has 0 atom stereocenters. The Morgan fingerprint density at radius 1 is 0.379 bits per heavy atom. The molecule has 0 radical (unpaired) electrons. The number of benzene rings is 11. The monoisotopic (exact) mass is 840 g/mol. The molecule has 2 heteroatoms. The molecule has 0 N–H and O–H groups in total. The van der Waals surface area contributed by atoms with E-state index in [0.717, 1.165) is 46.7 Å². The Bertz CT molecular complexity index is 3870. The molecular formula is C64H44N2. The maximum Gasteiger partial charge on any atom is 0.0619 e. The van der Waals surface area contributed by atoms with Crippen molar-refractivity contribution in [1.29, 1.82) is 0 Å². The van der Waals surface area contributed by atoms with Crippen molar-refractivity contribution in [1.82, 2.24) is 4.57 Å². The zero-order valence-electron chi connectivity index (χ0n) is 36.4. The van der Waals surface area contributed by atoms with Crippen LogP contribution >= 0.6 is 0 Å². The predicted molar refractivity (Wildman–Crippen MR) is 282 cm³/mol. The van der Waals surface area contributed by atoms with Crippen LogP contribution in [0.3, 0.4) is 0 Å². The topological polar surface area (TPSA) is 8.17 Å². The molecule has 1 aromatic heterocycles. The third-order valence-corrected chi connectivity index (χ3v) is 13.8. The summed E-state index contributed by atoms with van der Waals surface area (Å²) in [6.07, 6.45) is 6.76. The van der Waals surface area contributed by atoms with Gasteiger partial charge in [0.1, 0.15) is 0 Å². The van der Waals surface area contributed by atoms with Gasteiger partial charge in [0.2, 0.25) is 0 Å². The molecule has 310 valence electrons. The molecule has 0 amide bonds. The molecule has 0 saturated heterocycles. The highest BCUT2D eigenvalue weighted by Gasteiger charge is 2.23. The number of fused-ring (bicyclic) bond motifs is 9. The molecule has 0 unspecified atom stereocenters. The fourth-order valence-corrected chi connectivity index (χ4v) is 10.7. The molecular weight excluding hydrogens is 797 g/mol. The molecule has 0 fully saturated rings. The lowest BCUT2D eigenvalue weighted by atomic mass is 9.87. The van der Waals surface area contributed by atoms with Gasteiger partial charge in [-0.15, -0.1) is 0 Å². The van der Waals surface area contributed by atoms with E-state index in [2.05, 4.69) is 252 Å². The summed E-state index contributed by atoms with van der Waals surface area (Å²) in [6.45, 7) is 0. The van der Waals surface area contributed by atoms with Gasteiger partial charge in [-0.05, 0) is 127 Å². The zero-order valence-corrected chi connectivity index (χ0v) is 36.4. The molecule has 2 nitrogen and oxygen atoms in total. The molecule has 66 heavy (non-hydrogen) atoms. The smallest absolute Gasteiger partial charge is 0.0619 e. The Kier molecular flexibility index (Phi) is 9.02. The molecule has 0 spiro atoms. The Morgan fingerprint density at radius 3 is 1.89 bits per heavy atom. The van der Waals surface area contributed by atoms with Crippen molar-refractivity contribution in [2.24, 2.45) is 0 Å². The van der Waals surface area contributed by atoms with Crippen molar-refractivity contribution >= 4 is 77.3 Å². The van der Waals surface area contributed by atoms with Gasteiger partial charge < -0.3 is 9.47 Å². The SMILES string of the molecule is C1=Cc2c(cc(-c3ccc(N(c4cccc(-c5cccc6ccccc56)c4)c4cc(-n5c6ccccc6c6ccc7ccccc7c65)ccc4-c4ccccc4)cc3)c3ccccc23)CC1. The fourth-order valence-electron chi connectivity index (χ4n) is 10.7. The van der Waals surface area contributed by atoms with Gasteiger partial charge in [0, 0.05) is 38.8 Å². The van der Waals surface area contributed by atoms with Crippen molar-refractivity contribution < 1.29 is 0 Å². The Morgan fingerprint density at radius 2 is 1.05 bits per heavy atom. The van der Waals surface area contributed by atoms with Gasteiger partial charge >= 0.3 is 0 Å². The fraction of sp³-hybridized carbons (Fsp3) is 0.0312. The highest BCUT2D eigenvalue weighted by Crippen LogP contribution is 2.46. The van der Waals surface area contributed by atoms with Crippen LogP contribution in [0.1, 0.15) is 17.5 Å². The van der Waals surface area contributed by atoms with Crippen LogP contribution in [0, 0.1) is 0 Å². The molecule has 13 rings (SSSR count). The van der Waals surface area contributed by atoms with Gasteiger partial charge in [0.15, 0.2) is 0 Å². The average Bonchev–Trinajstić information content (AvgIpc) is 3.74. The summed E-state index contributed by atoms with van der Waals surface area (Å²) in [7, 11) is 0. The first-order valence-corrected chi connectivity index (χ1v) is 23.1. The summed E-state index contributed by atoms with van der Waals surface area (Å²) in [5.74, 6) is 0. The van der Waals surface area contributed by atoms with Crippen molar-refractivity contribution in [2.75, 3.05) is 4.90 Å². The van der Waals surface area contributed by atoms with Crippen LogP contribution in [-0.4, -0.2) is 4.57 Å². The van der Waals surface area contributed by atoms with Gasteiger partial charge in [0.05, 0.1) is 16.7 Å². The predicted octanol–water partition coefficient (Wildman–Crippen LogP) is 17.7. The van der Waals surface area contributed by atoms with E-state index in [1.54, 1.807) is 0 Å². The van der Waals surface area contributed by atoms with Crippen molar-refractivity contribution in [2.45, 2.75) is 12.8 Å². The molecule has 1 aliphatic rings. The van der Waals surface area contributed by atoms with E-state index in [-0.39, 0.29) is 0 Å². The highest BCUT2D eigenvalue weighted by atomic mass is 15.1. The maximum absolute atomic E-state index is 2.48. The minimum Gasteiger partial charge on any atom is -0.310 e. The number of hydrogen-bond acceptors (Lipinski definition) is 1. The molecule has 0 saturated carbocycles. The zero-order chi connectivity index (χ0) is 43.6. The Labute approximate surface area is 384 Å². The van der Waals surface area contributed by atoms with Gasteiger partial charge in [0.25, 0.3) is 0 Å². The van der Waals surface area contributed by atoms with Crippen LogP contribution in [0.15, 0.2) is 237 Å². The van der Waals surface area contributed by atoms with E-state index in [0.29, 0.717) is 0 Å². The number of aromatic nitrogens is 1. The molecule has 12 aromatic rings. The first-order chi connectivity index (χ1) is 32.7. The maximum atomic E-state index is 2.48. The van der Waals surface area contributed by atoms with E-state index < -0.39 is 0 Å². The number of aryl methyl sites for hydroxylation is 1. The van der Waals surface area contributed by atoms with Crippen molar-refractivity contribution in [3.63, 3.8) is 0 Å². The van der Waals surface area contributed by atoms with E-state index in [1.165, 1.54) is 87.5 Å². The second-order valence-corrected chi connectivity index (χ2v) is 17.5. The van der Waals surface area contributed by atoms with Crippen LogP contribution in [-0.2, 0) is 6.42 Å². The van der Waals surface area contributed by atoms with Crippen LogP contribution in [0.25, 0.3) is 99.3 Å². The standard InChI is InChI=1S/C64H44N2/c1-2-16-44(17-3-1)55-39-37-51(66-62-31-13-12-29-59(62)60-38-34-45-19-5-9-26-56(45)64(60)66)42-63(55)65(50-23-14-22-47(40-50)53-30-15-21-43-18-4-7-24-52(43)53)49-35-32-46(33-36-49)61-41-48-20-6-8-25-54(48)57-27-10-11-28-58(57)61/h1-5,7-19,21-42H,6,20H2. The third-order valence-electron chi connectivity index (χ3n) is 13.8. The summed E-state index contributed by atoms with van der Waals surface area (Å²) >= 11 is 0. The van der Waals surface area contributed by atoms with Gasteiger partial charge in [-0.25, -0.2) is 0 Å². The minimum absolute atomic E-state index is 1.06. The van der Waals surface area contributed by atoms with E-state index in [1.807, 2.05) is 0 Å². The number of nitrogens with zero attached hydrogens (tertiary/aromatic N) is 2. The molecule has 11 aromatic carbocycles. The number of rotatable bonds is 7. The van der Waals surface area contributed by atoms with Crippen LogP contribution in [0.5, 0.6) is 0 Å². The van der Waals surface area contributed by atoms with Crippen LogP contribution < -0.4 is 4.90 Å². The summed E-state index contributed by atoms with van der Waals surface area (Å²) in [5, 5.41) is 10.0. The lowest BCUT2D eigenvalue weighted by Gasteiger charge is -2.29. The van der Waals surface area contributed by atoms with Gasteiger partial charge in [-0.3, -0.25) is 0 Å². The first-order valence-electron chi connectivity index (χ1n) is 23.1. The summed E-state index contributed by atoms with van der Waals surface area (Å²) in [6, 6.07) is 85.2. The molecule has 1 aliphatic carbocycles. The third kappa shape index (κ3) is 6.25. The van der Waals surface area contributed by atoms with E-state index in [4.69, 9.17) is 0 Å². The summed E-state index contributed by atoms with van der Waals surface area (Å²) in [4.78, 5) is 2.48. The van der Waals surface area contributed by atoms with Gasteiger partial charge in [-0.2, -0.15) is 0 Å². The highest BCUT2D eigenvalue weighted by molar-refractivity contribution is 6.18. The Balaban J connectivity index is 1.07. The minimum atomic E-state index is 1.06. The molecule has 0 bridgehead atoms. The number of anilines is 3. The van der Waals surface area contributed by atoms with E-state index >= 15 is 0 Å². The summed E-state index contributed by atoms with van der Waals surface area (Å²) in [5.41, 5.74) is 16.7. The average molecular weight is 841 g/mol. The van der Waals surface area contributed by atoms with Crippen LogP contribution in [0.4, 0.5) is 17.1 Å². The lowest BCUT2D eigenvalue weighted by Crippen LogP contribution is -2.12. The number of hydrogen-bond donors (Lipinski definition) is 0. The van der Waals surface area contributed by atoms with Crippen LogP contribution in [0.2, 0.25) is 0 Å². The number of allylic oxidation sites excluding steroid dienone is 1. The lowest BCUT2D eigenvalue weighted by molar-refractivity contribution is 0.990. The largest absolute Gasteiger partial charge is 0.310 e. The quantitative estimate of drug-likeness (QED) is 0.155. The normalized spacial score (nSPS) is 12.4. The number of para-hydroxylation sites is 1. The second-order valence-electron chi connectivity index (χ2n) is 17.5. The Hall–Kier alpha value is -8.46. The van der Waals surface area contributed by atoms with E-state index in [9.17, 15) is 0 Å². The van der Waals surface area contributed by atoms with Crippen molar-refractivity contribution in [3.05, 3.63) is 248 Å². The van der Waals surface area contributed by atoms with Gasteiger partial charge in [-0.1, -0.05) is 194 Å². The summed E-state index contributed by atoms with van der Waals surface area (Å²) < 4.78 is 2.48. The second kappa shape index (κ2) is 15.7. The molecule has 0 aliphatic heterocycles. The molecule has 1 heterocycles.